The molecule has 0 spiro atoms. The number of thiazole rings is 1. The fourth-order valence-electron chi connectivity index (χ4n) is 4.55. The summed E-state index contributed by atoms with van der Waals surface area (Å²) >= 11 is 1.51. The van der Waals surface area contributed by atoms with Crippen molar-refractivity contribution >= 4 is 40.3 Å². The third kappa shape index (κ3) is 7.35. The minimum atomic E-state index is -0.821. The molecule has 224 valence electrons. The Balaban J connectivity index is 2.13. The average Bonchev–Trinajstić information content (AvgIpc) is 3.35. The number of carbonyl (C=O) groups excluding carboxylic acids is 3. The van der Waals surface area contributed by atoms with Crippen LogP contribution in [-0.4, -0.2) is 52.9 Å². The molecule has 0 aliphatic carbocycles. The average molecular weight is 590 g/mol. The smallest absolute Gasteiger partial charge is 0.290 e. The Morgan fingerprint density at radius 3 is 2.12 bits per heavy atom. The summed E-state index contributed by atoms with van der Waals surface area (Å²) < 4.78 is 0. The maximum absolute atomic E-state index is 13.9. The Bertz CT molecular complexity index is 1410. The van der Waals surface area contributed by atoms with Crippen LogP contribution in [0.4, 0.5) is 5.13 Å². The molecular weight excluding hydrogens is 546 g/mol. The standard InChI is InChI=1S/C33H43N5O3S/c1-21(2)15-17-37(18-16-22(3)4)32-35-28(33(6,7)8)27(42-32)19-25-23(5)26(20-34)31(41)38(30(25)40)36(9)29(39)24-13-11-10-12-14-24/h10-14,19,21-22H,15-18H2,1-9H3/b25-19-. The summed E-state index contributed by atoms with van der Waals surface area (Å²) in [5, 5.41) is 12.6. The van der Waals surface area contributed by atoms with Crippen molar-refractivity contribution in [3.63, 3.8) is 0 Å². The van der Waals surface area contributed by atoms with Gasteiger partial charge in [0, 0.05) is 36.7 Å². The van der Waals surface area contributed by atoms with Crippen molar-refractivity contribution in [1.29, 1.82) is 5.26 Å². The molecule has 3 rings (SSSR count). The highest BCUT2D eigenvalue weighted by atomic mass is 32.1. The number of nitriles is 1. The molecule has 0 saturated heterocycles. The van der Waals surface area contributed by atoms with Crippen LogP contribution in [0.25, 0.3) is 6.08 Å². The highest BCUT2D eigenvalue weighted by Gasteiger charge is 2.40. The SMILES string of the molecule is CC1=C(C#N)C(=O)N(N(C)C(=O)c2ccccc2)C(=O)/C1=C\c1sc(N(CCC(C)C)CCC(C)C)nc1C(C)(C)C. The van der Waals surface area contributed by atoms with Crippen LogP contribution >= 0.6 is 11.3 Å². The predicted molar refractivity (Wildman–Crippen MR) is 169 cm³/mol. The molecule has 3 amide bonds. The Kier molecular flexibility index (Phi) is 10.5. The summed E-state index contributed by atoms with van der Waals surface area (Å²) in [5.74, 6) is -0.916. The molecule has 0 radical (unpaired) electrons. The highest BCUT2D eigenvalue weighted by molar-refractivity contribution is 7.16. The van der Waals surface area contributed by atoms with Gasteiger partial charge in [-0.2, -0.15) is 10.3 Å². The van der Waals surface area contributed by atoms with Crippen molar-refractivity contribution in [3.05, 3.63) is 63.2 Å². The van der Waals surface area contributed by atoms with Crippen molar-refractivity contribution < 1.29 is 14.4 Å². The summed E-state index contributed by atoms with van der Waals surface area (Å²) in [7, 11) is 1.37. The van der Waals surface area contributed by atoms with Crippen LogP contribution < -0.4 is 4.90 Å². The monoisotopic (exact) mass is 589 g/mol. The number of hydrogen-bond donors (Lipinski definition) is 0. The summed E-state index contributed by atoms with van der Waals surface area (Å²) in [4.78, 5) is 48.7. The lowest BCUT2D eigenvalue weighted by Crippen LogP contribution is -2.53. The minimum absolute atomic E-state index is 0.175. The molecule has 0 bridgehead atoms. The zero-order valence-electron chi connectivity index (χ0n) is 26.3. The predicted octanol–water partition coefficient (Wildman–Crippen LogP) is 6.62. The third-order valence-electron chi connectivity index (χ3n) is 7.19. The highest BCUT2D eigenvalue weighted by Crippen LogP contribution is 2.38. The maximum atomic E-state index is 13.9. The lowest BCUT2D eigenvalue weighted by molar-refractivity contribution is -0.153. The van der Waals surface area contributed by atoms with Gasteiger partial charge < -0.3 is 4.90 Å². The van der Waals surface area contributed by atoms with Gasteiger partial charge in [-0.05, 0) is 55.4 Å². The van der Waals surface area contributed by atoms with Gasteiger partial charge in [-0.15, -0.1) is 0 Å². The normalized spacial score (nSPS) is 15.2. The summed E-state index contributed by atoms with van der Waals surface area (Å²) in [6.07, 6.45) is 3.80. The minimum Gasteiger partial charge on any atom is -0.348 e. The largest absolute Gasteiger partial charge is 0.348 e. The molecular formula is C33H43N5O3S. The number of anilines is 1. The zero-order valence-corrected chi connectivity index (χ0v) is 27.1. The summed E-state index contributed by atoms with van der Waals surface area (Å²) in [5.41, 5.74) is 1.13. The number of rotatable bonds is 10. The van der Waals surface area contributed by atoms with Crippen LogP contribution in [0.5, 0.6) is 0 Å². The van der Waals surface area contributed by atoms with Crippen LogP contribution in [-0.2, 0) is 15.0 Å². The van der Waals surface area contributed by atoms with E-state index < -0.39 is 17.7 Å². The zero-order chi connectivity index (χ0) is 31.4. The van der Waals surface area contributed by atoms with E-state index in [0.717, 1.165) is 51.7 Å². The molecule has 0 saturated carbocycles. The van der Waals surface area contributed by atoms with E-state index in [4.69, 9.17) is 4.98 Å². The Morgan fingerprint density at radius 1 is 1.05 bits per heavy atom. The van der Waals surface area contributed by atoms with Gasteiger partial charge in [0.25, 0.3) is 17.7 Å². The summed E-state index contributed by atoms with van der Waals surface area (Å²) in [6.45, 7) is 18.4. The molecule has 0 atom stereocenters. The molecule has 2 aromatic rings. The van der Waals surface area contributed by atoms with Gasteiger partial charge in [0.05, 0.1) is 10.6 Å². The van der Waals surface area contributed by atoms with E-state index in [0.29, 0.717) is 17.4 Å². The van der Waals surface area contributed by atoms with Crippen LogP contribution in [0, 0.1) is 23.2 Å². The molecule has 42 heavy (non-hydrogen) atoms. The second-order valence-electron chi connectivity index (χ2n) is 12.6. The van der Waals surface area contributed by atoms with E-state index in [9.17, 15) is 19.6 Å². The number of benzene rings is 1. The first-order valence-electron chi connectivity index (χ1n) is 14.5. The molecule has 1 aliphatic heterocycles. The lowest BCUT2D eigenvalue weighted by Gasteiger charge is -2.33. The topological polar surface area (TPSA) is 97.6 Å². The molecule has 9 heteroatoms. The Morgan fingerprint density at radius 2 is 1.62 bits per heavy atom. The molecule has 0 fully saturated rings. The lowest BCUT2D eigenvalue weighted by atomic mass is 9.89. The number of imide groups is 1. The van der Waals surface area contributed by atoms with Crippen LogP contribution in [0.3, 0.4) is 0 Å². The van der Waals surface area contributed by atoms with E-state index in [1.54, 1.807) is 43.3 Å². The quantitative estimate of drug-likeness (QED) is 0.228. The van der Waals surface area contributed by atoms with Crippen molar-refractivity contribution in [2.24, 2.45) is 11.8 Å². The number of nitrogens with zero attached hydrogens (tertiary/aromatic N) is 5. The second kappa shape index (κ2) is 13.5. The van der Waals surface area contributed by atoms with Crippen molar-refractivity contribution in [3.8, 4) is 6.07 Å². The van der Waals surface area contributed by atoms with Gasteiger partial charge in [0.2, 0.25) is 0 Å². The fraction of sp³-hybridized carbons (Fsp3) is 0.485. The molecule has 1 aliphatic rings. The third-order valence-corrected chi connectivity index (χ3v) is 8.25. The van der Waals surface area contributed by atoms with Crippen molar-refractivity contribution in [1.82, 2.24) is 15.0 Å². The molecule has 0 N–H and O–H groups in total. The van der Waals surface area contributed by atoms with Gasteiger partial charge in [0.15, 0.2) is 5.13 Å². The van der Waals surface area contributed by atoms with Crippen LogP contribution in [0.15, 0.2) is 47.1 Å². The van der Waals surface area contributed by atoms with Gasteiger partial charge in [-0.1, -0.05) is 78.0 Å². The van der Waals surface area contributed by atoms with Crippen molar-refractivity contribution in [2.75, 3.05) is 25.0 Å². The molecule has 1 aromatic carbocycles. The van der Waals surface area contributed by atoms with E-state index in [1.807, 2.05) is 6.07 Å². The number of aromatic nitrogens is 1. The summed E-state index contributed by atoms with van der Waals surface area (Å²) in [6, 6.07) is 10.4. The molecule has 0 unspecified atom stereocenters. The first kappa shape index (κ1) is 32.7. The van der Waals surface area contributed by atoms with E-state index >= 15 is 0 Å². The number of hydrazine groups is 1. The fourth-order valence-corrected chi connectivity index (χ4v) is 5.82. The van der Waals surface area contributed by atoms with Crippen LogP contribution in [0.1, 0.15) is 89.2 Å². The van der Waals surface area contributed by atoms with Gasteiger partial charge >= 0.3 is 0 Å². The second-order valence-corrected chi connectivity index (χ2v) is 13.6. The van der Waals surface area contributed by atoms with E-state index in [2.05, 4.69) is 53.4 Å². The van der Waals surface area contributed by atoms with E-state index in [1.165, 1.54) is 18.4 Å². The first-order valence-corrected chi connectivity index (χ1v) is 15.3. The maximum Gasteiger partial charge on any atom is 0.290 e. The molecule has 2 heterocycles. The Labute approximate surface area is 254 Å². The van der Waals surface area contributed by atoms with Crippen molar-refractivity contribution in [2.45, 2.75) is 73.6 Å². The molecule has 8 nitrogen and oxygen atoms in total. The van der Waals surface area contributed by atoms with Gasteiger partial charge in [-0.3, -0.25) is 14.4 Å². The molecule has 1 aromatic heterocycles. The number of carbonyl (C=O) groups is 3. The van der Waals surface area contributed by atoms with Gasteiger partial charge in [-0.25, -0.2) is 9.99 Å². The Hall–Kier alpha value is -3.77. The first-order chi connectivity index (χ1) is 19.7. The van der Waals surface area contributed by atoms with E-state index in [-0.39, 0.29) is 22.1 Å². The van der Waals surface area contributed by atoms with Gasteiger partial charge in [0.1, 0.15) is 11.6 Å². The number of hydrogen-bond acceptors (Lipinski definition) is 7. The van der Waals surface area contributed by atoms with Crippen LogP contribution in [0.2, 0.25) is 0 Å². The number of amides is 3.